The van der Waals surface area contributed by atoms with E-state index >= 15 is 0 Å². The summed E-state index contributed by atoms with van der Waals surface area (Å²) in [4.78, 5) is 17.7. The molecule has 0 spiro atoms. The maximum atomic E-state index is 9.41. The van der Waals surface area contributed by atoms with Crippen molar-refractivity contribution in [2.75, 3.05) is 12.8 Å². The first kappa shape index (κ1) is 20.2. The molecule has 0 aliphatic rings. The van der Waals surface area contributed by atoms with E-state index in [-0.39, 0.29) is 12.0 Å². The lowest BCUT2D eigenvalue weighted by atomic mass is 10.1. The molecule has 9 nitrogen and oxygen atoms in total. The van der Waals surface area contributed by atoms with Gasteiger partial charge in [0.25, 0.3) is 0 Å². The molecule has 31 heavy (non-hydrogen) atoms. The summed E-state index contributed by atoms with van der Waals surface area (Å²) in [5.41, 5.74) is 9.35. The largest absolute Gasteiger partial charge is 0.497 e. The number of hydrogen-bond acceptors (Lipinski definition) is 8. The highest BCUT2D eigenvalue weighted by Crippen LogP contribution is 2.34. The molecular formula is C22H22N8O. The third-order valence-electron chi connectivity index (χ3n) is 5.07. The smallest absolute Gasteiger partial charge is 0.164 e. The number of ether oxygens (including phenoxy) is 1. The number of hydrogen-bond donors (Lipinski definition) is 1. The maximum absolute atomic E-state index is 9.41. The quantitative estimate of drug-likeness (QED) is 0.525. The Hall–Kier alpha value is -4.06. The molecule has 9 heteroatoms. The molecule has 0 aliphatic heterocycles. The third kappa shape index (κ3) is 3.64. The number of anilines is 1. The van der Waals surface area contributed by atoms with Crippen molar-refractivity contribution in [1.29, 1.82) is 5.26 Å². The Labute approximate surface area is 179 Å². The van der Waals surface area contributed by atoms with E-state index in [0.717, 1.165) is 11.5 Å². The van der Waals surface area contributed by atoms with Gasteiger partial charge in [0.2, 0.25) is 0 Å². The van der Waals surface area contributed by atoms with Gasteiger partial charge in [-0.25, -0.2) is 24.6 Å². The fourth-order valence-electron chi connectivity index (χ4n) is 3.41. The van der Waals surface area contributed by atoms with Crippen LogP contribution in [0.4, 0.5) is 5.82 Å². The van der Waals surface area contributed by atoms with Gasteiger partial charge in [0.1, 0.15) is 29.4 Å². The van der Waals surface area contributed by atoms with Crippen molar-refractivity contribution < 1.29 is 4.74 Å². The first-order chi connectivity index (χ1) is 14.9. The van der Waals surface area contributed by atoms with Gasteiger partial charge in [-0.3, -0.25) is 0 Å². The van der Waals surface area contributed by atoms with Crippen LogP contribution in [0.5, 0.6) is 5.75 Å². The maximum Gasteiger partial charge on any atom is 0.164 e. The lowest BCUT2D eigenvalue weighted by molar-refractivity contribution is 0.415. The lowest BCUT2D eigenvalue weighted by Crippen LogP contribution is -2.13. The zero-order valence-corrected chi connectivity index (χ0v) is 17.7. The highest BCUT2D eigenvalue weighted by atomic mass is 16.5. The first-order valence-electron chi connectivity index (χ1n) is 9.84. The number of aromatic nitrogens is 6. The van der Waals surface area contributed by atoms with Gasteiger partial charge in [0, 0.05) is 17.7 Å². The molecule has 1 atom stereocenters. The van der Waals surface area contributed by atoms with E-state index in [1.165, 1.54) is 6.33 Å². The lowest BCUT2D eigenvalue weighted by Gasteiger charge is -2.14. The summed E-state index contributed by atoms with van der Waals surface area (Å²) in [6.45, 7) is 6.09. The van der Waals surface area contributed by atoms with Crippen molar-refractivity contribution >= 4 is 16.9 Å². The van der Waals surface area contributed by atoms with Crippen molar-refractivity contribution in [2.45, 2.75) is 32.7 Å². The summed E-state index contributed by atoms with van der Waals surface area (Å²) in [6, 6.07) is 9.01. The summed E-state index contributed by atoms with van der Waals surface area (Å²) in [5.74, 6) is 1.83. The minimum absolute atomic E-state index is 0.205. The number of benzene rings is 1. The minimum atomic E-state index is -0.230. The number of nitrogen functional groups attached to an aromatic ring is 1. The first-order valence-corrected chi connectivity index (χ1v) is 9.84. The molecular weight excluding hydrogens is 392 g/mol. The van der Waals surface area contributed by atoms with E-state index in [0.29, 0.717) is 39.4 Å². The van der Waals surface area contributed by atoms with Crippen molar-refractivity contribution in [2.24, 2.45) is 0 Å². The van der Waals surface area contributed by atoms with Crippen LogP contribution < -0.4 is 10.5 Å². The van der Waals surface area contributed by atoms with E-state index in [2.05, 4.69) is 34.9 Å². The van der Waals surface area contributed by atoms with Gasteiger partial charge in [-0.05, 0) is 31.2 Å². The van der Waals surface area contributed by atoms with Crippen LogP contribution in [0.1, 0.15) is 49.8 Å². The highest BCUT2D eigenvalue weighted by Gasteiger charge is 2.22. The molecule has 156 valence electrons. The Morgan fingerprint density at radius 2 is 1.94 bits per heavy atom. The zero-order valence-electron chi connectivity index (χ0n) is 17.7. The molecule has 1 unspecified atom stereocenters. The Bertz CT molecular complexity index is 1300. The van der Waals surface area contributed by atoms with Crippen molar-refractivity contribution in [3.8, 4) is 23.1 Å². The van der Waals surface area contributed by atoms with Crippen LogP contribution in [0, 0.1) is 11.3 Å². The fraction of sp³-hybridized carbons (Fsp3) is 0.273. The standard InChI is InChI=1S/C22H22N8O/c1-12(2)21-25-6-5-17(28-21)13(3)30-22-18(20(24)26-11-27-22)19(29-30)15-7-14(10-23)8-16(9-15)31-4/h5-9,11-13H,1-4H3,(H2,24,26,27). The molecule has 1 aromatic carbocycles. The molecule has 0 radical (unpaired) electrons. The predicted molar refractivity (Wildman–Crippen MR) is 116 cm³/mol. The molecule has 0 fully saturated rings. The molecule has 0 bridgehead atoms. The van der Waals surface area contributed by atoms with Gasteiger partial charge in [0.15, 0.2) is 5.65 Å². The monoisotopic (exact) mass is 414 g/mol. The third-order valence-corrected chi connectivity index (χ3v) is 5.07. The highest BCUT2D eigenvalue weighted by molar-refractivity contribution is 5.98. The van der Waals surface area contributed by atoms with Gasteiger partial charge in [-0.1, -0.05) is 13.8 Å². The summed E-state index contributed by atoms with van der Waals surface area (Å²) >= 11 is 0. The average molecular weight is 414 g/mol. The van der Waals surface area contributed by atoms with Crippen molar-refractivity contribution in [3.63, 3.8) is 0 Å². The van der Waals surface area contributed by atoms with E-state index in [1.54, 1.807) is 30.1 Å². The number of nitrogens with two attached hydrogens (primary N) is 1. The van der Waals surface area contributed by atoms with Crippen LogP contribution in [0.15, 0.2) is 36.8 Å². The number of rotatable bonds is 5. The summed E-state index contributed by atoms with van der Waals surface area (Å²) in [7, 11) is 1.55. The van der Waals surface area contributed by atoms with E-state index in [1.807, 2.05) is 19.1 Å². The molecule has 0 saturated carbocycles. The second-order valence-corrected chi connectivity index (χ2v) is 7.48. The van der Waals surface area contributed by atoms with Crippen LogP contribution >= 0.6 is 0 Å². The van der Waals surface area contributed by atoms with Crippen LogP contribution in [0.2, 0.25) is 0 Å². The van der Waals surface area contributed by atoms with Gasteiger partial charge < -0.3 is 10.5 Å². The van der Waals surface area contributed by atoms with Gasteiger partial charge in [-0.15, -0.1) is 0 Å². The normalized spacial score (nSPS) is 12.1. The molecule has 4 rings (SSSR count). The second kappa shape index (κ2) is 7.99. The Balaban J connectivity index is 1.93. The molecule has 0 amide bonds. The number of nitriles is 1. The molecule has 0 saturated heterocycles. The average Bonchev–Trinajstić information content (AvgIpc) is 3.19. The van der Waals surface area contributed by atoms with Gasteiger partial charge >= 0.3 is 0 Å². The van der Waals surface area contributed by atoms with E-state index in [4.69, 9.17) is 20.6 Å². The van der Waals surface area contributed by atoms with Crippen LogP contribution in [-0.2, 0) is 0 Å². The van der Waals surface area contributed by atoms with Gasteiger partial charge in [-0.2, -0.15) is 10.4 Å². The summed E-state index contributed by atoms with van der Waals surface area (Å²) in [5, 5.41) is 14.9. The SMILES string of the molecule is COc1cc(C#N)cc(-c2nn(C(C)c3ccnc(C(C)C)n3)c3ncnc(N)c23)c1. The molecule has 2 N–H and O–H groups in total. The predicted octanol–water partition coefficient (Wildman–Crippen LogP) is 3.48. The molecule has 4 aromatic rings. The van der Waals surface area contributed by atoms with E-state index < -0.39 is 0 Å². The van der Waals surface area contributed by atoms with Crippen LogP contribution in [0.25, 0.3) is 22.3 Å². The number of nitrogens with zero attached hydrogens (tertiary/aromatic N) is 7. The van der Waals surface area contributed by atoms with Crippen molar-refractivity contribution in [1.82, 2.24) is 29.7 Å². The molecule has 3 aromatic heterocycles. The second-order valence-electron chi connectivity index (χ2n) is 7.48. The topological polar surface area (TPSA) is 128 Å². The van der Waals surface area contributed by atoms with E-state index in [9.17, 15) is 5.26 Å². The Morgan fingerprint density at radius 3 is 2.65 bits per heavy atom. The number of methoxy groups -OCH3 is 1. The number of fused-ring (bicyclic) bond motifs is 1. The Kier molecular flexibility index (Phi) is 5.21. The molecule has 3 heterocycles. The van der Waals surface area contributed by atoms with Crippen LogP contribution in [-0.4, -0.2) is 36.8 Å². The van der Waals surface area contributed by atoms with Gasteiger partial charge in [0.05, 0.1) is 35.9 Å². The summed E-state index contributed by atoms with van der Waals surface area (Å²) in [6.07, 6.45) is 3.17. The fourth-order valence-corrected chi connectivity index (χ4v) is 3.41. The minimum Gasteiger partial charge on any atom is -0.497 e. The van der Waals surface area contributed by atoms with Crippen molar-refractivity contribution in [3.05, 3.63) is 53.9 Å². The van der Waals surface area contributed by atoms with Crippen LogP contribution in [0.3, 0.4) is 0 Å². The Morgan fingerprint density at radius 1 is 1.13 bits per heavy atom. The summed E-state index contributed by atoms with van der Waals surface area (Å²) < 4.78 is 7.13. The molecule has 0 aliphatic carbocycles. The zero-order chi connectivity index (χ0) is 22.1.